The number of piperidine rings is 1. The quantitative estimate of drug-likeness (QED) is 0.387. The molecule has 2 saturated heterocycles. The monoisotopic (exact) mass is 572 g/mol. The van der Waals surface area contributed by atoms with E-state index in [1.165, 1.54) is 19.2 Å². The van der Waals surface area contributed by atoms with Crippen molar-refractivity contribution < 1.29 is 18.3 Å². The van der Waals surface area contributed by atoms with Gasteiger partial charge in [-0.05, 0) is 64.3 Å². The Morgan fingerprint density at radius 3 is 2.60 bits per heavy atom. The highest BCUT2D eigenvalue weighted by molar-refractivity contribution is 6.30. The highest BCUT2D eigenvalue weighted by Gasteiger charge is 2.35. The lowest BCUT2D eigenvalue weighted by Gasteiger charge is -2.41. The van der Waals surface area contributed by atoms with Gasteiger partial charge in [-0.3, -0.25) is 4.79 Å². The van der Waals surface area contributed by atoms with Crippen LogP contribution in [0.5, 0.6) is 5.75 Å². The van der Waals surface area contributed by atoms with Crippen LogP contribution in [0.15, 0.2) is 30.3 Å². The summed E-state index contributed by atoms with van der Waals surface area (Å²) in [5, 5.41) is 7.28. The number of fused-ring (bicyclic) bond motifs is 1. The fourth-order valence-corrected chi connectivity index (χ4v) is 5.83. The predicted octanol–water partition coefficient (Wildman–Crippen LogP) is 5.14. The smallest absolute Gasteiger partial charge is 0.240 e. The molecule has 2 N–H and O–H groups in total. The first-order valence-corrected chi connectivity index (χ1v) is 14.2. The van der Waals surface area contributed by atoms with E-state index in [1.54, 1.807) is 18.2 Å². The van der Waals surface area contributed by atoms with Crippen molar-refractivity contribution in [3.8, 4) is 5.75 Å². The Bertz CT molecular complexity index is 1380. The summed E-state index contributed by atoms with van der Waals surface area (Å²) in [6.45, 7) is 6.47. The number of benzene rings is 2. The van der Waals surface area contributed by atoms with Gasteiger partial charge in [0.05, 0.1) is 18.7 Å². The minimum atomic E-state index is -0.539. The van der Waals surface area contributed by atoms with Crippen LogP contribution in [0.4, 0.5) is 20.5 Å². The molecule has 0 spiro atoms. The molecule has 1 unspecified atom stereocenters. The summed E-state index contributed by atoms with van der Waals surface area (Å²) in [7, 11) is 1.41. The van der Waals surface area contributed by atoms with E-state index in [0.29, 0.717) is 46.3 Å². The minimum absolute atomic E-state index is 0.0807. The zero-order valence-corrected chi connectivity index (χ0v) is 23.8. The van der Waals surface area contributed by atoms with Crippen LogP contribution in [0, 0.1) is 11.6 Å². The maximum Gasteiger partial charge on any atom is 0.240 e. The molecule has 2 aliphatic heterocycles. The van der Waals surface area contributed by atoms with Crippen LogP contribution >= 0.6 is 11.6 Å². The third kappa shape index (κ3) is 5.93. The second-order valence-electron chi connectivity index (χ2n) is 10.7. The van der Waals surface area contributed by atoms with Crippen LogP contribution in [0.25, 0.3) is 10.9 Å². The van der Waals surface area contributed by atoms with E-state index in [1.807, 2.05) is 4.90 Å². The van der Waals surface area contributed by atoms with Crippen molar-refractivity contribution in [1.29, 1.82) is 0 Å². The fourth-order valence-electron chi connectivity index (χ4n) is 5.67. The lowest BCUT2D eigenvalue weighted by atomic mass is 10.00. The van der Waals surface area contributed by atoms with Gasteiger partial charge in [-0.15, -0.1) is 0 Å². The maximum atomic E-state index is 14.7. The van der Waals surface area contributed by atoms with Crippen LogP contribution in [0.2, 0.25) is 5.02 Å². The highest BCUT2D eigenvalue weighted by Crippen LogP contribution is 2.31. The molecule has 0 aliphatic carbocycles. The molecule has 0 saturated carbocycles. The molecule has 1 atom stereocenters. The largest absolute Gasteiger partial charge is 0.494 e. The molecule has 2 aliphatic rings. The summed E-state index contributed by atoms with van der Waals surface area (Å²) in [4.78, 5) is 26.9. The normalized spacial score (nSPS) is 18.0. The first kappa shape index (κ1) is 28.3. The van der Waals surface area contributed by atoms with Gasteiger partial charge in [-0.2, -0.15) is 4.98 Å². The number of nitrogens with one attached hydrogen (secondary N) is 2. The number of amides is 1. The summed E-state index contributed by atoms with van der Waals surface area (Å²) in [5.74, 6) is 0.164. The Morgan fingerprint density at radius 2 is 1.95 bits per heavy atom. The van der Waals surface area contributed by atoms with Gasteiger partial charge in [0.15, 0.2) is 11.6 Å². The lowest BCUT2D eigenvalue weighted by molar-refractivity contribution is -0.138. The first-order chi connectivity index (χ1) is 19.2. The molecule has 3 aromatic rings. The number of aromatic nitrogens is 2. The molecule has 1 aromatic heterocycles. The summed E-state index contributed by atoms with van der Waals surface area (Å²) in [6.07, 6.45) is 3.47. The second kappa shape index (κ2) is 12.1. The highest BCUT2D eigenvalue weighted by atomic mass is 35.5. The molecular formula is C29H35ClF2N6O2. The van der Waals surface area contributed by atoms with Crippen LogP contribution in [-0.2, 0) is 11.3 Å². The van der Waals surface area contributed by atoms with Gasteiger partial charge in [0, 0.05) is 53.8 Å². The van der Waals surface area contributed by atoms with Crippen LogP contribution in [-0.4, -0.2) is 65.6 Å². The van der Waals surface area contributed by atoms with Crippen LogP contribution in [0.3, 0.4) is 0 Å². The molecule has 3 heterocycles. The predicted molar refractivity (Wildman–Crippen MR) is 153 cm³/mol. The molecular weight excluding hydrogens is 538 g/mol. The summed E-state index contributed by atoms with van der Waals surface area (Å²) >= 11 is 5.90. The number of methoxy groups -OCH3 is 1. The van der Waals surface area contributed by atoms with Gasteiger partial charge >= 0.3 is 0 Å². The Hall–Kier alpha value is -3.24. The molecule has 8 nitrogen and oxygen atoms in total. The average Bonchev–Trinajstić information content (AvgIpc) is 3.48. The van der Waals surface area contributed by atoms with E-state index in [-0.39, 0.29) is 36.3 Å². The molecule has 1 amide bonds. The SMILES string of the molecule is COc1cc2nc(N3CCC(N(C(=O)C4CCCN4)C(C)C)CC3)nc(NCc3ccc(Cl)cc3F)c2cc1F. The number of rotatable bonds is 8. The Kier molecular flexibility index (Phi) is 8.56. The van der Waals surface area contributed by atoms with Gasteiger partial charge in [-0.25, -0.2) is 13.8 Å². The van der Waals surface area contributed by atoms with E-state index in [2.05, 4.69) is 29.4 Å². The van der Waals surface area contributed by atoms with Gasteiger partial charge in [0.25, 0.3) is 0 Å². The standard InChI is InChI=1S/C29H35ClF2N6O2/c1-17(2)38(28(39)24-5-4-10-33-24)20-8-11-37(12-9-20)29-35-25-15-26(40-3)23(32)14-21(25)27(36-29)34-16-18-6-7-19(30)13-22(18)31/h6-7,13-15,17,20,24,33H,4-5,8-12,16H2,1-3H3,(H,34,35,36). The van der Waals surface area contributed by atoms with E-state index >= 15 is 0 Å². The fraction of sp³-hybridized carbons (Fsp3) is 0.483. The minimum Gasteiger partial charge on any atom is -0.494 e. The third-order valence-corrected chi connectivity index (χ3v) is 7.96. The van der Waals surface area contributed by atoms with Crippen LogP contribution < -0.4 is 20.3 Å². The number of nitrogens with zero attached hydrogens (tertiary/aromatic N) is 4. The number of ether oxygens (including phenoxy) is 1. The number of hydrogen-bond donors (Lipinski definition) is 2. The number of carbonyl (C=O) groups excluding carboxylic acids is 1. The third-order valence-electron chi connectivity index (χ3n) is 7.73. The molecule has 11 heteroatoms. The zero-order chi connectivity index (χ0) is 28.4. The van der Waals surface area contributed by atoms with E-state index in [0.717, 1.165) is 32.2 Å². The summed E-state index contributed by atoms with van der Waals surface area (Å²) < 4.78 is 34.3. The van der Waals surface area contributed by atoms with Crippen molar-refractivity contribution in [2.75, 3.05) is 37.0 Å². The number of halogens is 3. The van der Waals surface area contributed by atoms with E-state index in [4.69, 9.17) is 26.3 Å². The molecule has 214 valence electrons. The van der Waals surface area contributed by atoms with Crippen molar-refractivity contribution in [2.45, 2.75) is 64.2 Å². The number of hydrogen-bond acceptors (Lipinski definition) is 7. The first-order valence-electron chi connectivity index (χ1n) is 13.8. The number of carbonyl (C=O) groups is 1. The van der Waals surface area contributed by atoms with Crippen molar-refractivity contribution in [3.05, 3.63) is 52.6 Å². The van der Waals surface area contributed by atoms with Crippen molar-refractivity contribution in [1.82, 2.24) is 20.2 Å². The van der Waals surface area contributed by atoms with Crippen molar-refractivity contribution >= 4 is 40.2 Å². The Balaban J connectivity index is 1.39. The zero-order valence-electron chi connectivity index (χ0n) is 23.0. The van der Waals surface area contributed by atoms with Crippen molar-refractivity contribution in [2.24, 2.45) is 0 Å². The Morgan fingerprint density at radius 1 is 1.18 bits per heavy atom. The molecule has 0 bridgehead atoms. The van der Waals surface area contributed by atoms with Gasteiger partial charge in [0.1, 0.15) is 11.6 Å². The molecule has 2 aromatic carbocycles. The molecule has 40 heavy (non-hydrogen) atoms. The molecule has 2 fully saturated rings. The topological polar surface area (TPSA) is 82.6 Å². The van der Waals surface area contributed by atoms with Gasteiger partial charge in [-0.1, -0.05) is 17.7 Å². The second-order valence-corrected chi connectivity index (χ2v) is 11.1. The van der Waals surface area contributed by atoms with Gasteiger partial charge in [0.2, 0.25) is 11.9 Å². The van der Waals surface area contributed by atoms with Gasteiger partial charge < -0.3 is 25.2 Å². The van der Waals surface area contributed by atoms with Crippen LogP contribution in [0.1, 0.15) is 45.1 Å². The molecule has 5 rings (SSSR count). The number of anilines is 2. The molecule has 0 radical (unpaired) electrons. The van der Waals surface area contributed by atoms with Crippen molar-refractivity contribution in [3.63, 3.8) is 0 Å². The summed E-state index contributed by atoms with van der Waals surface area (Å²) in [6, 6.07) is 7.49. The van der Waals surface area contributed by atoms with E-state index < -0.39 is 11.6 Å². The van der Waals surface area contributed by atoms with E-state index in [9.17, 15) is 13.6 Å². The average molecular weight is 573 g/mol. The summed E-state index contributed by atoms with van der Waals surface area (Å²) in [5.41, 5.74) is 0.915. The maximum absolute atomic E-state index is 14.7. The Labute approximate surface area is 238 Å². The lowest BCUT2D eigenvalue weighted by Crippen LogP contribution is -2.54.